The van der Waals surface area contributed by atoms with Gasteiger partial charge in [-0.05, 0) is 39.3 Å². The number of carbonyl (C=O) groups is 2. The molecule has 1 aromatic heterocycles. The Morgan fingerprint density at radius 3 is 2.69 bits per heavy atom. The maximum atomic E-state index is 13.0. The average Bonchev–Trinajstić information content (AvgIpc) is 3.15. The minimum atomic E-state index is -0.839. The predicted octanol–water partition coefficient (Wildman–Crippen LogP) is 3.52. The summed E-state index contributed by atoms with van der Waals surface area (Å²) in [7, 11) is 0. The summed E-state index contributed by atoms with van der Waals surface area (Å²) >= 11 is 1.56. The number of thioether (sulfide) groups is 1. The lowest BCUT2D eigenvalue weighted by atomic mass is 10.0. The van der Waals surface area contributed by atoms with Gasteiger partial charge in [-0.2, -0.15) is 0 Å². The van der Waals surface area contributed by atoms with Crippen molar-refractivity contribution in [2.45, 2.75) is 43.9 Å². The van der Waals surface area contributed by atoms with Gasteiger partial charge in [0.25, 0.3) is 5.91 Å². The molecule has 1 aromatic carbocycles. The van der Waals surface area contributed by atoms with Crippen LogP contribution in [0, 0.1) is 19.8 Å². The Balaban J connectivity index is 1.79. The molecule has 2 aromatic rings. The first-order valence-electron chi connectivity index (χ1n) is 8.57. The van der Waals surface area contributed by atoms with Crippen LogP contribution in [0.3, 0.4) is 0 Å². The number of aliphatic carboxylic acids is 1. The molecule has 138 valence electrons. The van der Waals surface area contributed by atoms with Gasteiger partial charge in [0.15, 0.2) is 0 Å². The Kier molecular flexibility index (Phi) is 5.36. The first-order chi connectivity index (χ1) is 12.4. The van der Waals surface area contributed by atoms with E-state index in [9.17, 15) is 14.7 Å². The fraction of sp³-hybridized carbons (Fsp3) is 0.421. The van der Waals surface area contributed by atoms with E-state index < -0.39 is 11.9 Å². The lowest BCUT2D eigenvalue weighted by Crippen LogP contribution is -2.37. The lowest BCUT2D eigenvalue weighted by Gasteiger charge is -2.24. The number of aryl methyl sites for hydroxylation is 2. The third-order valence-electron chi connectivity index (χ3n) is 5.00. The molecule has 0 bridgehead atoms. The Hall–Kier alpha value is -2.28. The summed E-state index contributed by atoms with van der Waals surface area (Å²) in [5, 5.41) is 13.3. The van der Waals surface area contributed by atoms with Crippen LogP contribution in [0.4, 0.5) is 0 Å². The highest BCUT2D eigenvalue weighted by Gasteiger charge is 2.38. The SMILES string of the molecule is Cc1noc(C)c1CSc1ccccc1C(=O)N1CCC(C(=O)O)C1C. The highest BCUT2D eigenvalue weighted by Crippen LogP contribution is 2.32. The number of likely N-dealkylation sites (tertiary alicyclic amines) is 1. The van der Waals surface area contributed by atoms with Gasteiger partial charge < -0.3 is 14.5 Å². The smallest absolute Gasteiger partial charge is 0.308 e. The highest BCUT2D eigenvalue weighted by atomic mass is 32.2. The number of carbonyl (C=O) groups excluding carboxylic acids is 1. The number of benzene rings is 1. The molecule has 0 spiro atoms. The summed E-state index contributed by atoms with van der Waals surface area (Å²) in [6.45, 7) is 6.06. The zero-order valence-electron chi connectivity index (χ0n) is 15.1. The molecule has 0 aliphatic carbocycles. The lowest BCUT2D eigenvalue weighted by molar-refractivity contribution is -0.142. The van der Waals surface area contributed by atoms with E-state index in [2.05, 4.69) is 5.16 Å². The highest BCUT2D eigenvalue weighted by molar-refractivity contribution is 7.98. The molecular formula is C19H22N2O4S. The number of carboxylic acids is 1. The van der Waals surface area contributed by atoms with Gasteiger partial charge in [0.2, 0.25) is 0 Å². The summed E-state index contributed by atoms with van der Waals surface area (Å²) in [6, 6.07) is 7.16. The number of rotatable bonds is 5. The molecular weight excluding hydrogens is 352 g/mol. The fourth-order valence-electron chi connectivity index (χ4n) is 3.34. The standard InChI is InChI=1S/C19H22N2O4S/c1-11-16(13(3)25-20-11)10-26-17-7-5-4-6-15(17)18(22)21-9-8-14(12(21)2)19(23)24/h4-7,12,14H,8-10H2,1-3H3,(H,23,24). The molecule has 0 saturated carbocycles. The number of carboxylic acid groups (broad SMARTS) is 1. The van der Waals surface area contributed by atoms with Gasteiger partial charge in [0.05, 0.1) is 17.2 Å². The van der Waals surface area contributed by atoms with E-state index in [1.54, 1.807) is 22.7 Å². The number of hydrogen-bond donors (Lipinski definition) is 1. The molecule has 1 amide bonds. The van der Waals surface area contributed by atoms with Crippen molar-refractivity contribution in [3.05, 3.63) is 46.8 Å². The molecule has 1 aliphatic rings. The van der Waals surface area contributed by atoms with Crippen LogP contribution in [0.5, 0.6) is 0 Å². The molecule has 2 atom stereocenters. The quantitative estimate of drug-likeness (QED) is 0.806. The van der Waals surface area contributed by atoms with E-state index in [1.165, 1.54) is 0 Å². The second-order valence-electron chi connectivity index (χ2n) is 6.56. The number of amides is 1. The van der Waals surface area contributed by atoms with Crippen LogP contribution in [0.2, 0.25) is 0 Å². The van der Waals surface area contributed by atoms with Crippen LogP contribution in [-0.2, 0) is 10.5 Å². The number of nitrogens with zero attached hydrogens (tertiary/aromatic N) is 2. The molecule has 2 heterocycles. The maximum absolute atomic E-state index is 13.0. The molecule has 1 fully saturated rings. The molecule has 1 saturated heterocycles. The monoisotopic (exact) mass is 374 g/mol. The van der Waals surface area contributed by atoms with Crippen molar-refractivity contribution in [3.8, 4) is 0 Å². The van der Waals surface area contributed by atoms with Gasteiger partial charge in [-0.25, -0.2) is 0 Å². The first-order valence-corrected chi connectivity index (χ1v) is 9.56. The summed E-state index contributed by atoms with van der Waals surface area (Å²) in [4.78, 5) is 26.9. The van der Waals surface area contributed by atoms with Crippen molar-refractivity contribution in [2.24, 2.45) is 5.92 Å². The Bertz CT molecular complexity index is 813. The zero-order valence-corrected chi connectivity index (χ0v) is 15.9. The van der Waals surface area contributed by atoms with Crippen molar-refractivity contribution in [2.75, 3.05) is 6.54 Å². The van der Waals surface area contributed by atoms with Crippen molar-refractivity contribution in [1.82, 2.24) is 10.1 Å². The molecule has 1 N–H and O–H groups in total. The topological polar surface area (TPSA) is 83.6 Å². The van der Waals surface area contributed by atoms with E-state index in [0.717, 1.165) is 21.9 Å². The largest absolute Gasteiger partial charge is 0.481 e. The van der Waals surface area contributed by atoms with Crippen LogP contribution in [0.15, 0.2) is 33.7 Å². The third-order valence-corrected chi connectivity index (χ3v) is 6.10. The minimum absolute atomic E-state index is 0.108. The molecule has 3 rings (SSSR count). The van der Waals surface area contributed by atoms with Gasteiger partial charge >= 0.3 is 5.97 Å². The van der Waals surface area contributed by atoms with Gasteiger partial charge in [-0.3, -0.25) is 9.59 Å². The van der Waals surface area contributed by atoms with Gasteiger partial charge in [0.1, 0.15) is 5.76 Å². The first kappa shape index (κ1) is 18.5. The van der Waals surface area contributed by atoms with Crippen molar-refractivity contribution >= 4 is 23.6 Å². The van der Waals surface area contributed by atoms with Crippen molar-refractivity contribution in [1.29, 1.82) is 0 Å². The van der Waals surface area contributed by atoms with Crippen LogP contribution in [0.1, 0.15) is 40.7 Å². The number of aromatic nitrogens is 1. The van der Waals surface area contributed by atoms with Gasteiger partial charge in [-0.15, -0.1) is 11.8 Å². The van der Waals surface area contributed by atoms with E-state index in [1.807, 2.05) is 39.0 Å². The number of hydrogen-bond acceptors (Lipinski definition) is 5. The van der Waals surface area contributed by atoms with Crippen molar-refractivity contribution < 1.29 is 19.2 Å². The van der Waals surface area contributed by atoms with Crippen LogP contribution in [0.25, 0.3) is 0 Å². The van der Waals surface area contributed by atoms with Gasteiger partial charge in [0, 0.05) is 28.8 Å². The molecule has 7 heteroatoms. The minimum Gasteiger partial charge on any atom is -0.481 e. The zero-order chi connectivity index (χ0) is 18.8. The Labute approximate surface area is 156 Å². The predicted molar refractivity (Wildman–Crippen MR) is 98.2 cm³/mol. The second-order valence-corrected chi connectivity index (χ2v) is 7.58. The molecule has 26 heavy (non-hydrogen) atoms. The maximum Gasteiger partial charge on any atom is 0.308 e. The fourth-order valence-corrected chi connectivity index (χ4v) is 4.54. The molecule has 0 radical (unpaired) electrons. The van der Waals surface area contributed by atoms with E-state index >= 15 is 0 Å². The second kappa shape index (κ2) is 7.53. The van der Waals surface area contributed by atoms with Gasteiger partial charge in [-0.1, -0.05) is 17.3 Å². The molecule has 2 unspecified atom stereocenters. The normalized spacial score (nSPS) is 19.7. The van der Waals surface area contributed by atoms with Crippen LogP contribution < -0.4 is 0 Å². The molecule has 1 aliphatic heterocycles. The summed E-state index contributed by atoms with van der Waals surface area (Å²) in [5.74, 6) is 0.00741. The van der Waals surface area contributed by atoms with E-state index in [-0.39, 0.29) is 11.9 Å². The van der Waals surface area contributed by atoms with Crippen LogP contribution >= 0.6 is 11.8 Å². The summed E-state index contributed by atoms with van der Waals surface area (Å²) < 4.78 is 5.20. The van der Waals surface area contributed by atoms with E-state index in [0.29, 0.717) is 24.3 Å². The summed E-state index contributed by atoms with van der Waals surface area (Å²) in [6.07, 6.45) is 0.497. The van der Waals surface area contributed by atoms with E-state index in [4.69, 9.17) is 4.52 Å². The Morgan fingerprint density at radius 2 is 2.08 bits per heavy atom. The van der Waals surface area contributed by atoms with Crippen LogP contribution in [-0.4, -0.2) is 39.6 Å². The van der Waals surface area contributed by atoms with Crippen molar-refractivity contribution in [3.63, 3.8) is 0 Å². The Morgan fingerprint density at radius 1 is 1.35 bits per heavy atom. The molecule has 6 nitrogen and oxygen atoms in total. The summed E-state index contributed by atoms with van der Waals surface area (Å²) in [5.41, 5.74) is 2.51. The average molecular weight is 374 g/mol. The third kappa shape index (κ3) is 3.49.